The van der Waals surface area contributed by atoms with Crippen molar-refractivity contribution in [1.29, 1.82) is 5.26 Å². The van der Waals surface area contributed by atoms with E-state index in [1.807, 2.05) is 47.8 Å². The molecule has 37 heavy (non-hydrogen) atoms. The molecule has 2 aromatic heterocycles. The molecule has 0 unspecified atom stereocenters. The fourth-order valence-electron chi connectivity index (χ4n) is 3.71. The van der Waals surface area contributed by atoms with E-state index in [0.29, 0.717) is 15.6 Å². The van der Waals surface area contributed by atoms with Crippen molar-refractivity contribution in [2.45, 2.75) is 13.8 Å². The van der Waals surface area contributed by atoms with E-state index in [1.54, 1.807) is 13.8 Å². The number of hydrogen-bond acceptors (Lipinski definition) is 9. The molecular weight excluding hydrogens is 506 g/mol. The third-order valence-corrected chi connectivity index (χ3v) is 7.49. The van der Waals surface area contributed by atoms with Gasteiger partial charge in [-0.05, 0) is 30.2 Å². The topological polar surface area (TPSA) is 101 Å². The van der Waals surface area contributed by atoms with Gasteiger partial charge in [-0.15, -0.1) is 22.7 Å². The van der Waals surface area contributed by atoms with Gasteiger partial charge in [-0.2, -0.15) is 5.26 Å². The van der Waals surface area contributed by atoms with Crippen molar-refractivity contribution in [3.05, 3.63) is 87.7 Å². The average molecular weight is 530 g/mol. The van der Waals surface area contributed by atoms with Crippen LogP contribution in [0.25, 0.3) is 27.6 Å². The van der Waals surface area contributed by atoms with E-state index in [9.17, 15) is 14.9 Å². The number of thiophene rings is 1. The Morgan fingerprint density at radius 1 is 1.16 bits per heavy atom. The van der Waals surface area contributed by atoms with Crippen LogP contribution in [0.3, 0.4) is 0 Å². The molecule has 9 heteroatoms. The van der Waals surface area contributed by atoms with E-state index in [4.69, 9.17) is 14.5 Å². The number of nitrogens with one attached hydrogen (secondary N) is 1. The summed E-state index contributed by atoms with van der Waals surface area (Å²) in [6, 6.07) is 16.2. The Hall–Kier alpha value is -4.26. The number of thiazole rings is 1. The molecule has 2 aromatic carbocycles. The first-order chi connectivity index (χ1) is 18.0. The van der Waals surface area contributed by atoms with Crippen molar-refractivity contribution < 1.29 is 19.1 Å². The molecule has 2 heterocycles. The van der Waals surface area contributed by atoms with E-state index in [1.165, 1.54) is 23.6 Å². The number of carbonyl (C=O) groups is 2. The van der Waals surface area contributed by atoms with Crippen LogP contribution >= 0.6 is 22.7 Å². The second kappa shape index (κ2) is 11.6. The molecule has 0 aliphatic carbocycles. The summed E-state index contributed by atoms with van der Waals surface area (Å²) < 4.78 is 10.3. The van der Waals surface area contributed by atoms with Gasteiger partial charge in [0, 0.05) is 17.1 Å². The predicted molar refractivity (Wildman–Crippen MR) is 148 cm³/mol. The summed E-state index contributed by atoms with van der Waals surface area (Å²) in [5, 5.41) is 17.9. The van der Waals surface area contributed by atoms with Gasteiger partial charge < -0.3 is 14.8 Å². The Morgan fingerprint density at radius 3 is 2.70 bits per heavy atom. The van der Waals surface area contributed by atoms with Crippen LogP contribution in [0.1, 0.15) is 37.5 Å². The number of nitrogens with zero attached hydrogens (tertiary/aromatic N) is 2. The monoisotopic (exact) mass is 529 g/mol. The van der Waals surface area contributed by atoms with Crippen LogP contribution < -0.4 is 5.32 Å². The number of fused-ring (bicyclic) bond motifs is 1. The number of anilines is 1. The normalized spacial score (nSPS) is 11.1. The van der Waals surface area contributed by atoms with Crippen LogP contribution in [-0.2, 0) is 9.47 Å². The molecule has 0 amide bonds. The molecular formula is C28H23N3O4S2. The van der Waals surface area contributed by atoms with Crippen LogP contribution in [0, 0.1) is 18.3 Å². The van der Waals surface area contributed by atoms with Gasteiger partial charge in [-0.1, -0.05) is 55.1 Å². The minimum atomic E-state index is -0.569. The van der Waals surface area contributed by atoms with Gasteiger partial charge in [-0.3, -0.25) is 0 Å². The molecule has 0 bridgehead atoms. The van der Waals surface area contributed by atoms with Crippen LogP contribution in [0.5, 0.6) is 0 Å². The maximum Gasteiger partial charge on any atom is 0.348 e. The van der Waals surface area contributed by atoms with E-state index in [-0.39, 0.29) is 29.2 Å². The summed E-state index contributed by atoms with van der Waals surface area (Å²) in [6.45, 7) is 7.14. The third-order valence-electron chi connectivity index (χ3n) is 5.41. The summed E-state index contributed by atoms with van der Waals surface area (Å²) >= 11 is 2.41. The molecule has 0 aliphatic rings. The third kappa shape index (κ3) is 5.45. The van der Waals surface area contributed by atoms with Crippen molar-refractivity contribution >= 4 is 56.0 Å². The quantitative estimate of drug-likeness (QED) is 0.144. The Labute approximate surface area is 222 Å². The first-order valence-electron chi connectivity index (χ1n) is 11.4. The number of allylic oxidation sites excluding steroid dienone is 1. The van der Waals surface area contributed by atoms with Crippen LogP contribution in [0.2, 0.25) is 0 Å². The van der Waals surface area contributed by atoms with Crippen LogP contribution in [0.4, 0.5) is 5.00 Å². The van der Waals surface area contributed by atoms with Crippen molar-refractivity contribution in [2.24, 2.45) is 0 Å². The molecule has 0 saturated carbocycles. The zero-order valence-electron chi connectivity index (χ0n) is 20.2. The maximum absolute atomic E-state index is 12.7. The number of ether oxygens (including phenoxy) is 2. The molecule has 0 saturated heterocycles. The van der Waals surface area contributed by atoms with E-state index in [0.717, 1.165) is 33.4 Å². The zero-order valence-corrected chi connectivity index (χ0v) is 21.9. The minimum absolute atomic E-state index is 0.0508. The summed E-state index contributed by atoms with van der Waals surface area (Å²) in [5.41, 5.74) is 2.70. The Kier molecular flexibility index (Phi) is 8.13. The predicted octanol–water partition coefficient (Wildman–Crippen LogP) is 6.83. The smallest absolute Gasteiger partial charge is 0.348 e. The fraction of sp³-hybridized carbons (Fsp3) is 0.143. The number of hydrogen-bond donors (Lipinski definition) is 1. The molecule has 7 nitrogen and oxygen atoms in total. The highest BCUT2D eigenvalue weighted by Gasteiger charge is 2.26. The Morgan fingerprint density at radius 2 is 1.95 bits per heavy atom. The molecule has 0 aliphatic heterocycles. The van der Waals surface area contributed by atoms with E-state index < -0.39 is 11.9 Å². The number of rotatable bonds is 9. The Bertz CT molecular complexity index is 1550. The average Bonchev–Trinajstić information content (AvgIpc) is 3.52. The number of benzene rings is 2. The SMILES string of the molecule is C=CCOC(=O)c1sc(NC=C(C#N)c2nc(-c3cccc4ccccc34)cs2)c(C(=O)OCC)c1C. The van der Waals surface area contributed by atoms with Gasteiger partial charge in [-0.25, -0.2) is 14.6 Å². The van der Waals surface area contributed by atoms with Crippen molar-refractivity contribution in [2.75, 3.05) is 18.5 Å². The van der Waals surface area contributed by atoms with Crippen molar-refractivity contribution in [3.8, 4) is 17.3 Å². The molecule has 1 N–H and O–H groups in total. The lowest BCUT2D eigenvalue weighted by Crippen LogP contribution is -2.09. The maximum atomic E-state index is 12.7. The summed E-state index contributed by atoms with van der Waals surface area (Å²) in [7, 11) is 0. The first kappa shape index (κ1) is 25.8. The number of esters is 2. The lowest BCUT2D eigenvalue weighted by atomic mass is 10.0. The fourth-order valence-corrected chi connectivity index (χ4v) is 5.55. The van der Waals surface area contributed by atoms with Gasteiger partial charge in [0.15, 0.2) is 0 Å². The zero-order chi connectivity index (χ0) is 26.4. The van der Waals surface area contributed by atoms with Crippen LogP contribution in [-0.4, -0.2) is 30.1 Å². The lowest BCUT2D eigenvalue weighted by Gasteiger charge is -2.05. The van der Waals surface area contributed by atoms with Gasteiger partial charge in [0.05, 0.1) is 17.9 Å². The second-order valence-electron chi connectivity index (χ2n) is 7.75. The highest BCUT2D eigenvalue weighted by molar-refractivity contribution is 7.18. The lowest BCUT2D eigenvalue weighted by molar-refractivity contribution is 0.0527. The summed E-state index contributed by atoms with van der Waals surface area (Å²) in [5.74, 6) is -1.13. The van der Waals surface area contributed by atoms with Crippen molar-refractivity contribution in [3.63, 3.8) is 0 Å². The molecule has 4 aromatic rings. The molecule has 4 rings (SSSR count). The standard InChI is InChI=1S/C28H23N3O4S2/c1-4-13-35-28(33)24-17(3)23(27(32)34-5-2)26(37-24)30-15-19(14-29)25-31-22(16-36-25)21-12-8-10-18-9-6-7-11-20(18)21/h4,6-12,15-16,30H,1,5,13H2,2-3H3. The highest BCUT2D eigenvalue weighted by atomic mass is 32.1. The molecule has 0 spiro atoms. The van der Waals surface area contributed by atoms with E-state index in [2.05, 4.69) is 18.0 Å². The largest absolute Gasteiger partial charge is 0.462 e. The minimum Gasteiger partial charge on any atom is -0.462 e. The van der Waals surface area contributed by atoms with Crippen molar-refractivity contribution in [1.82, 2.24) is 4.98 Å². The first-order valence-corrected chi connectivity index (χ1v) is 13.1. The van der Waals surface area contributed by atoms with Crippen LogP contribution in [0.15, 0.2) is 66.7 Å². The van der Waals surface area contributed by atoms with Gasteiger partial charge in [0.2, 0.25) is 0 Å². The highest BCUT2D eigenvalue weighted by Crippen LogP contribution is 2.35. The number of aromatic nitrogens is 1. The Balaban J connectivity index is 1.67. The summed E-state index contributed by atoms with van der Waals surface area (Å²) in [4.78, 5) is 30.1. The molecule has 0 fully saturated rings. The number of carbonyl (C=O) groups excluding carboxylic acids is 2. The molecule has 186 valence electrons. The number of nitriles is 1. The molecule has 0 atom stereocenters. The summed E-state index contributed by atoms with van der Waals surface area (Å²) in [6.07, 6.45) is 2.95. The van der Waals surface area contributed by atoms with E-state index >= 15 is 0 Å². The second-order valence-corrected chi connectivity index (χ2v) is 9.63. The van der Waals surface area contributed by atoms with Gasteiger partial charge in [0.25, 0.3) is 0 Å². The molecule has 0 radical (unpaired) electrons. The van der Waals surface area contributed by atoms with Gasteiger partial charge >= 0.3 is 11.9 Å². The van der Waals surface area contributed by atoms with Gasteiger partial charge in [0.1, 0.15) is 33.1 Å².